The van der Waals surface area contributed by atoms with E-state index in [4.69, 9.17) is 11.6 Å². The lowest BCUT2D eigenvalue weighted by atomic mass is 10.2. The van der Waals surface area contributed by atoms with E-state index in [0.29, 0.717) is 11.9 Å². The number of hydrogen-bond donors (Lipinski definition) is 1. The summed E-state index contributed by atoms with van der Waals surface area (Å²) in [5, 5.41) is 3.39. The van der Waals surface area contributed by atoms with E-state index in [1.54, 1.807) is 29.1 Å². The van der Waals surface area contributed by atoms with Crippen molar-refractivity contribution in [1.82, 2.24) is 9.55 Å². The van der Waals surface area contributed by atoms with Crippen molar-refractivity contribution in [3.8, 4) is 0 Å². The van der Waals surface area contributed by atoms with Crippen molar-refractivity contribution in [3.05, 3.63) is 51.8 Å². The summed E-state index contributed by atoms with van der Waals surface area (Å²) in [5.74, 6) is -0.00297. The van der Waals surface area contributed by atoms with E-state index in [1.165, 1.54) is 6.07 Å². The normalized spacial score (nSPS) is 20.4. The van der Waals surface area contributed by atoms with Crippen LogP contribution in [-0.2, 0) is 0 Å². The molecule has 2 fully saturated rings. The molecule has 1 atom stereocenters. The zero-order chi connectivity index (χ0) is 16.7. The second kappa shape index (κ2) is 6.09. The number of halogens is 2. The Kier molecular flexibility index (Phi) is 3.92. The van der Waals surface area contributed by atoms with Gasteiger partial charge < -0.3 is 14.8 Å². The molecule has 2 aliphatic rings. The number of hydrogen-bond acceptors (Lipinski definition) is 4. The van der Waals surface area contributed by atoms with E-state index >= 15 is 0 Å². The van der Waals surface area contributed by atoms with Gasteiger partial charge >= 0.3 is 0 Å². The molecule has 0 bridgehead atoms. The minimum atomic E-state index is -0.414. The predicted octanol–water partition coefficient (Wildman–Crippen LogP) is 3.06. The monoisotopic (exact) mass is 348 g/mol. The molecule has 1 unspecified atom stereocenters. The Hall–Kier alpha value is -2.08. The third-order valence-corrected chi connectivity index (χ3v) is 4.90. The molecule has 0 radical (unpaired) electrons. The highest BCUT2D eigenvalue weighted by molar-refractivity contribution is 6.31. The first-order valence-corrected chi connectivity index (χ1v) is 8.53. The van der Waals surface area contributed by atoms with Crippen molar-refractivity contribution in [2.24, 2.45) is 0 Å². The third-order valence-electron chi connectivity index (χ3n) is 4.61. The lowest BCUT2D eigenvalue weighted by Crippen LogP contribution is -2.31. The minimum absolute atomic E-state index is 0.0525. The van der Waals surface area contributed by atoms with Crippen LogP contribution in [0.5, 0.6) is 0 Å². The second-order valence-corrected chi connectivity index (χ2v) is 6.80. The van der Waals surface area contributed by atoms with E-state index in [9.17, 15) is 9.18 Å². The Morgan fingerprint density at radius 2 is 2.12 bits per heavy atom. The first kappa shape index (κ1) is 15.4. The van der Waals surface area contributed by atoms with Gasteiger partial charge in [-0.3, -0.25) is 4.79 Å². The van der Waals surface area contributed by atoms with Gasteiger partial charge in [-0.05, 0) is 37.5 Å². The van der Waals surface area contributed by atoms with E-state index < -0.39 is 5.82 Å². The molecule has 7 heteroatoms. The SMILES string of the molecule is O=c1c(NC2CCN(c3ccc(F)c(Cl)c3)C2)nccn1C1CC1. The lowest BCUT2D eigenvalue weighted by Gasteiger charge is -2.19. The summed E-state index contributed by atoms with van der Waals surface area (Å²) in [4.78, 5) is 18.8. The highest BCUT2D eigenvalue weighted by Gasteiger charge is 2.27. The summed E-state index contributed by atoms with van der Waals surface area (Å²) >= 11 is 5.86. The Labute approximate surface area is 144 Å². The highest BCUT2D eigenvalue weighted by Crippen LogP contribution is 2.33. The van der Waals surface area contributed by atoms with Gasteiger partial charge in [-0.25, -0.2) is 9.37 Å². The molecule has 1 N–H and O–H groups in total. The molecule has 1 saturated heterocycles. The molecule has 1 aromatic heterocycles. The van der Waals surface area contributed by atoms with E-state index in [0.717, 1.165) is 38.0 Å². The topological polar surface area (TPSA) is 50.2 Å². The molecule has 4 rings (SSSR count). The van der Waals surface area contributed by atoms with E-state index in [-0.39, 0.29) is 16.6 Å². The number of rotatable bonds is 4. The quantitative estimate of drug-likeness (QED) is 0.922. The van der Waals surface area contributed by atoms with Gasteiger partial charge in [0, 0.05) is 43.3 Å². The second-order valence-electron chi connectivity index (χ2n) is 6.39. The maximum atomic E-state index is 13.3. The van der Waals surface area contributed by atoms with Gasteiger partial charge in [0.15, 0.2) is 5.82 Å². The molecule has 24 heavy (non-hydrogen) atoms. The van der Waals surface area contributed by atoms with Gasteiger partial charge in [0.25, 0.3) is 5.56 Å². The zero-order valence-corrected chi connectivity index (χ0v) is 13.8. The maximum Gasteiger partial charge on any atom is 0.293 e. The summed E-state index contributed by atoms with van der Waals surface area (Å²) in [5.41, 5.74) is 0.838. The molecule has 126 valence electrons. The first-order chi connectivity index (χ1) is 11.6. The molecule has 1 aliphatic carbocycles. The van der Waals surface area contributed by atoms with Crippen molar-refractivity contribution >= 4 is 23.1 Å². The fourth-order valence-electron chi connectivity index (χ4n) is 3.15. The molecule has 1 aliphatic heterocycles. The molecule has 2 aromatic rings. The average molecular weight is 349 g/mol. The number of anilines is 2. The van der Waals surface area contributed by atoms with Gasteiger partial charge in [-0.1, -0.05) is 11.6 Å². The lowest BCUT2D eigenvalue weighted by molar-refractivity contribution is 0.628. The van der Waals surface area contributed by atoms with Crippen molar-refractivity contribution in [3.63, 3.8) is 0 Å². The Morgan fingerprint density at radius 1 is 1.29 bits per heavy atom. The summed E-state index contributed by atoms with van der Waals surface area (Å²) in [7, 11) is 0. The van der Waals surface area contributed by atoms with Crippen LogP contribution in [0.4, 0.5) is 15.9 Å². The van der Waals surface area contributed by atoms with Crippen LogP contribution in [0.25, 0.3) is 0 Å². The van der Waals surface area contributed by atoms with Crippen LogP contribution in [0.3, 0.4) is 0 Å². The van der Waals surface area contributed by atoms with Crippen molar-refractivity contribution in [1.29, 1.82) is 0 Å². The highest BCUT2D eigenvalue weighted by atomic mass is 35.5. The van der Waals surface area contributed by atoms with Gasteiger partial charge in [0.05, 0.1) is 5.02 Å². The maximum absolute atomic E-state index is 13.3. The van der Waals surface area contributed by atoms with Gasteiger partial charge in [-0.2, -0.15) is 0 Å². The fourth-order valence-corrected chi connectivity index (χ4v) is 3.33. The Morgan fingerprint density at radius 3 is 2.88 bits per heavy atom. The summed E-state index contributed by atoms with van der Waals surface area (Å²) in [6, 6.07) is 5.21. The van der Waals surface area contributed by atoms with Crippen LogP contribution in [-0.4, -0.2) is 28.7 Å². The molecule has 0 spiro atoms. The smallest absolute Gasteiger partial charge is 0.293 e. The molecule has 2 heterocycles. The van der Waals surface area contributed by atoms with Crippen LogP contribution in [0.2, 0.25) is 5.02 Å². The van der Waals surface area contributed by atoms with Crippen LogP contribution in [0.15, 0.2) is 35.4 Å². The molecule has 1 saturated carbocycles. The fraction of sp³-hybridized carbons (Fsp3) is 0.412. The van der Waals surface area contributed by atoms with Crippen molar-refractivity contribution in [2.45, 2.75) is 31.3 Å². The summed E-state index contributed by atoms with van der Waals surface area (Å²) in [6.07, 6.45) is 6.44. The van der Waals surface area contributed by atoms with Crippen LogP contribution < -0.4 is 15.8 Å². The first-order valence-electron chi connectivity index (χ1n) is 8.15. The van der Waals surface area contributed by atoms with E-state index in [2.05, 4.69) is 15.2 Å². The molecule has 1 aromatic carbocycles. The van der Waals surface area contributed by atoms with E-state index in [1.807, 2.05) is 0 Å². The third kappa shape index (κ3) is 2.98. The predicted molar refractivity (Wildman–Crippen MR) is 92.4 cm³/mol. The van der Waals surface area contributed by atoms with Crippen LogP contribution >= 0.6 is 11.6 Å². The zero-order valence-electron chi connectivity index (χ0n) is 13.1. The number of nitrogens with one attached hydrogen (secondary N) is 1. The van der Waals surface area contributed by atoms with Crippen molar-refractivity contribution < 1.29 is 4.39 Å². The Bertz CT molecular complexity index is 820. The summed E-state index contributed by atoms with van der Waals surface area (Å²) < 4.78 is 15.1. The number of benzene rings is 1. The average Bonchev–Trinajstić information content (AvgIpc) is 3.31. The standard InChI is InChI=1S/C17H18ClFN4O/c18-14-9-13(3-4-15(14)19)22-7-5-11(10-22)21-16-17(24)23(8-6-20-16)12-1-2-12/h3-4,6,8-9,11-12H,1-2,5,7,10H2,(H,20,21). The molecular formula is C17H18ClFN4O. The number of nitrogens with zero attached hydrogens (tertiary/aromatic N) is 3. The van der Waals surface area contributed by atoms with Crippen LogP contribution in [0.1, 0.15) is 25.3 Å². The molecule has 0 amide bonds. The van der Waals surface area contributed by atoms with Crippen LogP contribution in [0, 0.1) is 5.82 Å². The van der Waals surface area contributed by atoms with Gasteiger partial charge in [0.1, 0.15) is 5.82 Å². The van der Waals surface area contributed by atoms with Gasteiger partial charge in [0.2, 0.25) is 0 Å². The molecule has 5 nitrogen and oxygen atoms in total. The Balaban J connectivity index is 1.46. The summed E-state index contributed by atoms with van der Waals surface area (Å²) in [6.45, 7) is 1.55. The molecular weight excluding hydrogens is 331 g/mol. The van der Waals surface area contributed by atoms with Crippen molar-refractivity contribution in [2.75, 3.05) is 23.3 Å². The van der Waals surface area contributed by atoms with Gasteiger partial charge in [-0.15, -0.1) is 0 Å². The largest absolute Gasteiger partial charge is 0.369 e. The number of aromatic nitrogens is 2. The minimum Gasteiger partial charge on any atom is -0.369 e.